The van der Waals surface area contributed by atoms with E-state index in [9.17, 15) is 4.79 Å². The molecule has 0 spiro atoms. The largest absolute Gasteiger partial charge is 0.497 e. The van der Waals surface area contributed by atoms with E-state index in [1.807, 2.05) is 23.1 Å². The van der Waals surface area contributed by atoms with Crippen LogP contribution in [0.5, 0.6) is 5.75 Å². The predicted molar refractivity (Wildman–Crippen MR) is 83.2 cm³/mol. The Morgan fingerprint density at radius 2 is 2.00 bits per heavy atom. The SMILES string of the molecule is COc1ccc(N)c(SCC(=O)N2CCCCCC2)c1. The zero-order valence-electron chi connectivity index (χ0n) is 11.9. The third kappa shape index (κ3) is 4.07. The number of ether oxygens (including phenoxy) is 1. The van der Waals surface area contributed by atoms with Gasteiger partial charge in [0.1, 0.15) is 5.75 Å². The summed E-state index contributed by atoms with van der Waals surface area (Å²) in [6.45, 7) is 1.79. The summed E-state index contributed by atoms with van der Waals surface area (Å²) in [6, 6.07) is 5.53. The average molecular weight is 294 g/mol. The van der Waals surface area contributed by atoms with Gasteiger partial charge in [-0.2, -0.15) is 0 Å². The van der Waals surface area contributed by atoms with Crippen LogP contribution in [-0.2, 0) is 4.79 Å². The van der Waals surface area contributed by atoms with Crippen molar-refractivity contribution in [3.8, 4) is 5.75 Å². The number of benzene rings is 1. The van der Waals surface area contributed by atoms with Gasteiger partial charge in [-0.3, -0.25) is 4.79 Å². The highest BCUT2D eigenvalue weighted by atomic mass is 32.2. The number of carbonyl (C=O) groups excluding carboxylic acids is 1. The van der Waals surface area contributed by atoms with Crippen LogP contribution in [0.25, 0.3) is 0 Å². The van der Waals surface area contributed by atoms with E-state index in [0.29, 0.717) is 11.4 Å². The van der Waals surface area contributed by atoms with Crippen LogP contribution in [-0.4, -0.2) is 36.8 Å². The van der Waals surface area contributed by atoms with Gasteiger partial charge >= 0.3 is 0 Å². The van der Waals surface area contributed by atoms with Crippen LogP contribution >= 0.6 is 11.8 Å². The van der Waals surface area contributed by atoms with Crippen LogP contribution in [0.3, 0.4) is 0 Å². The Morgan fingerprint density at radius 1 is 1.30 bits per heavy atom. The van der Waals surface area contributed by atoms with Crippen LogP contribution in [0.4, 0.5) is 5.69 Å². The number of nitrogens with two attached hydrogens (primary N) is 1. The van der Waals surface area contributed by atoms with Crippen molar-refractivity contribution in [2.24, 2.45) is 0 Å². The van der Waals surface area contributed by atoms with Gasteiger partial charge in [-0.15, -0.1) is 11.8 Å². The summed E-state index contributed by atoms with van der Waals surface area (Å²) in [4.78, 5) is 15.1. The molecule has 1 amide bonds. The summed E-state index contributed by atoms with van der Waals surface area (Å²) in [5.74, 6) is 1.42. The zero-order chi connectivity index (χ0) is 14.4. The van der Waals surface area contributed by atoms with E-state index in [2.05, 4.69) is 0 Å². The number of nitrogens with zero attached hydrogens (tertiary/aromatic N) is 1. The number of rotatable bonds is 4. The van der Waals surface area contributed by atoms with E-state index in [-0.39, 0.29) is 5.91 Å². The number of nitrogen functional groups attached to an aromatic ring is 1. The van der Waals surface area contributed by atoms with E-state index in [1.54, 1.807) is 7.11 Å². The molecule has 0 saturated carbocycles. The summed E-state index contributed by atoms with van der Waals surface area (Å²) < 4.78 is 5.19. The lowest BCUT2D eigenvalue weighted by molar-refractivity contribution is -0.128. The number of carbonyl (C=O) groups is 1. The Bertz CT molecular complexity index is 457. The number of amides is 1. The van der Waals surface area contributed by atoms with Gasteiger partial charge in [-0.25, -0.2) is 0 Å². The van der Waals surface area contributed by atoms with E-state index >= 15 is 0 Å². The zero-order valence-corrected chi connectivity index (χ0v) is 12.7. The van der Waals surface area contributed by atoms with Gasteiger partial charge in [0.2, 0.25) is 5.91 Å². The molecule has 1 heterocycles. The second-order valence-corrected chi connectivity index (χ2v) is 6.00. The summed E-state index contributed by atoms with van der Waals surface area (Å²) in [6.07, 6.45) is 4.72. The first-order chi connectivity index (χ1) is 9.70. The lowest BCUT2D eigenvalue weighted by atomic mass is 10.2. The second-order valence-electron chi connectivity index (χ2n) is 4.99. The van der Waals surface area contributed by atoms with Crippen molar-refractivity contribution in [2.75, 3.05) is 31.7 Å². The monoisotopic (exact) mass is 294 g/mol. The minimum Gasteiger partial charge on any atom is -0.497 e. The molecule has 1 aromatic rings. The maximum Gasteiger partial charge on any atom is 0.232 e. The van der Waals surface area contributed by atoms with Crippen molar-refractivity contribution in [1.82, 2.24) is 4.90 Å². The average Bonchev–Trinajstić information content (AvgIpc) is 2.75. The molecule has 1 fully saturated rings. The summed E-state index contributed by atoms with van der Waals surface area (Å²) in [7, 11) is 1.63. The molecule has 4 nitrogen and oxygen atoms in total. The predicted octanol–water partition coefficient (Wildman–Crippen LogP) is 2.77. The van der Waals surface area contributed by atoms with Gasteiger partial charge in [0.15, 0.2) is 0 Å². The molecule has 0 aromatic heterocycles. The molecule has 2 N–H and O–H groups in total. The first kappa shape index (κ1) is 15.0. The molecule has 1 saturated heterocycles. The third-order valence-electron chi connectivity index (χ3n) is 3.53. The fourth-order valence-corrected chi connectivity index (χ4v) is 3.21. The first-order valence-electron chi connectivity index (χ1n) is 7.05. The summed E-state index contributed by atoms with van der Waals surface area (Å²) in [5.41, 5.74) is 6.63. The van der Waals surface area contributed by atoms with E-state index in [0.717, 1.165) is 36.6 Å². The summed E-state index contributed by atoms with van der Waals surface area (Å²) >= 11 is 1.49. The number of methoxy groups -OCH3 is 1. The fraction of sp³-hybridized carbons (Fsp3) is 0.533. The molecule has 1 aromatic carbocycles. The fourth-order valence-electron chi connectivity index (χ4n) is 2.32. The first-order valence-corrected chi connectivity index (χ1v) is 8.03. The minimum atomic E-state index is 0.208. The molecule has 5 heteroatoms. The van der Waals surface area contributed by atoms with E-state index in [1.165, 1.54) is 24.6 Å². The molecule has 0 bridgehead atoms. The maximum atomic E-state index is 12.2. The topological polar surface area (TPSA) is 55.6 Å². The second kappa shape index (κ2) is 7.43. The number of anilines is 1. The van der Waals surface area contributed by atoms with Crippen molar-refractivity contribution < 1.29 is 9.53 Å². The van der Waals surface area contributed by atoms with Gasteiger partial charge in [0.25, 0.3) is 0 Å². The number of hydrogen-bond acceptors (Lipinski definition) is 4. The smallest absolute Gasteiger partial charge is 0.232 e. The molecule has 0 atom stereocenters. The highest BCUT2D eigenvalue weighted by Crippen LogP contribution is 2.29. The lowest BCUT2D eigenvalue weighted by Crippen LogP contribution is -2.33. The highest BCUT2D eigenvalue weighted by molar-refractivity contribution is 8.00. The van der Waals surface area contributed by atoms with Crippen molar-refractivity contribution in [3.05, 3.63) is 18.2 Å². The molecular weight excluding hydrogens is 272 g/mol. The van der Waals surface area contributed by atoms with Crippen LogP contribution in [0.15, 0.2) is 23.1 Å². The van der Waals surface area contributed by atoms with Crippen molar-refractivity contribution in [1.29, 1.82) is 0 Å². The van der Waals surface area contributed by atoms with Crippen molar-refractivity contribution in [2.45, 2.75) is 30.6 Å². The molecule has 20 heavy (non-hydrogen) atoms. The number of thioether (sulfide) groups is 1. The van der Waals surface area contributed by atoms with Crippen LogP contribution < -0.4 is 10.5 Å². The Balaban J connectivity index is 1.92. The molecule has 1 aliphatic rings. The molecule has 0 radical (unpaired) electrons. The quantitative estimate of drug-likeness (QED) is 0.685. The highest BCUT2D eigenvalue weighted by Gasteiger charge is 2.16. The molecule has 110 valence electrons. The normalized spacial score (nSPS) is 15.8. The molecule has 0 unspecified atom stereocenters. The minimum absolute atomic E-state index is 0.208. The Morgan fingerprint density at radius 3 is 2.65 bits per heavy atom. The van der Waals surface area contributed by atoms with E-state index < -0.39 is 0 Å². The van der Waals surface area contributed by atoms with Gasteiger partial charge in [0, 0.05) is 23.7 Å². The Labute approximate surface area is 124 Å². The van der Waals surface area contributed by atoms with Crippen LogP contribution in [0.1, 0.15) is 25.7 Å². The molecule has 0 aliphatic carbocycles. The molecular formula is C15H22N2O2S. The lowest BCUT2D eigenvalue weighted by Gasteiger charge is -2.20. The third-order valence-corrected chi connectivity index (χ3v) is 4.59. The molecule has 2 rings (SSSR count). The van der Waals surface area contributed by atoms with Crippen LogP contribution in [0.2, 0.25) is 0 Å². The standard InChI is InChI=1S/C15H22N2O2S/c1-19-12-6-7-13(16)14(10-12)20-11-15(18)17-8-4-2-3-5-9-17/h6-7,10H,2-5,8-9,11,16H2,1H3. The van der Waals surface area contributed by atoms with Crippen molar-refractivity contribution >= 4 is 23.4 Å². The summed E-state index contributed by atoms with van der Waals surface area (Å²) in [5, 5.41) is 0. The Kier molecular flexibility index (Phi) is 5.59. The van der Waals surface area contributed by atoms with Gasteiger partial charge in [0.05, 0.1) is 12.9 Å². The maximum absolute atomic E-state index is 12.2. The van der Waals surface area contributed by atoms with Gasteiger partial charge in [-0.1, -0.05) is 12.8 Å². The van der Waals surface area contributed by atoms with Gasteiger partial charge in [-0.05, 0) is 31.0 Å². The molecule has 1 aliphatic heterocycles. The Hall–Kier alpha value is -1.36. The number of likely N-dealkylation sites (tertiary alicyclic amines) is 1. The van der Waals surface area contributed by atoms with Gasteiger partial charge < -0.3 is 15.4 Å². The van der Waals surface area contributed by atoms with Crippen molar-refractivity contribution in [3.63, 3.8) is 0 Å². The van der Waals surface area contributed by atoms with E-state index in [4.69, 9.17) is 10.5 Å². The van der Waals surface area contributed by atoms with Crippen LogP contribution in [0, 0.1) is 0 Å². The number of hydrogen-bond donors (Lipinski definition) is 1.